The van der Waals surface area contributed by atoms with Crippen LogP contribution in [-0.4, -0.2) is 41.5 Å². The number of ether oxygens (including phenoxy) is 1. The van der Waals surface area contributed by atoms with Gasteiger partial charge in [-0.05, 0) is 61.8 Å². The lowest BCUT2D eigenvalue weighted by atomic mass is 10.1. The first kappa shape index (κ1) is 12.2. The summed E-state index contributed by atoms with van der Waals surface area (Å²) in [5, 5.41) is 31.9. The van der Waals surface area contributed by atoms with Crippen molar-refractivity contribution in [2.45, 2.75) is 57.5 Å². The van der Waals surface area contributed by atoms with E-state index in [4.69, 9.17) is 21.2 Å². The molecule has 0 aliphatic rings. The Labute approximate surface area is 197 Å². The maximum absolute atomic E-state index is 10.4. The topological polar surface area (TPSA) is 82.0 Å². The monoisotopic (exact) mass is 427 g/mol. The van der Waals surface area contributed by atoms with Gasteiger partial charge in [0.2, 0.25) is 0 Å². The number of nitrogens with one attached hydrogen (secondary N) is 1. The molecule has 1 unspecified atom stereocenters. The van der Waals surface area contributed by atoms with Crippen molar-refractivity contribution < 1.29 is 36.5 Å². The number of aryl methyl sites for hydroxylation is 1. The summed E-state index contributed by atoms with van der Waals surface area (Å²) in [4.78, 5) is 0. The third-order valence-corrected chi connectivity index (χ3v) is 4.16. The van der Waals surface area contributed by atoms with Gasteiger partial charge in [0.05, 0.1) is 20.9 Å². The van der Waals surface area contributed by atoms with Crippen LogP contribution < -0.4 is 5.32 Å². The smallest absolute Gasteiger partial charge is 0.121 e. The first-order chi connectivity index (χ1) is 19.0. The fourth-order valence-electron chi connectivity index (χ4n) is 2.55. The second-order valence-electron chi connectivity index (χ2n) is 6.45. The Morgan fingerprint density at radius 1 is 0.967 bits per heavy atom. The van der Waals surface area contributed by atoms with E-state index in [-0.39, 0.29) is 12.0 Å². The molecule has 0 amide bonds. The summed E-state index contributed by atoms with van der Waals surface area (Å²) in [6, 6.07) is 12.4. The van der Waals surface area contributed by atoms with Crippen LogP contribution in [0, 0.1) is 0 Å². The van der Waals surface area contributed by atoms with Crippen LogP contribution >= 0.6 is 0 Å². The second-order valence-corrected chi connectivity index (χ2v) is 6.45. The molecule has 5 nitrogen and oxygen atoms in total. The third-order valence-electron chi connectivity index (χ3n) is 4.16. The fourth-order valence-corrected chi connectivity index (χ4v) is 2.55. The molecule has 1 atom stereocenters. The molecule has 5 heteroatoms. The minimum absolute atomic E-state index is 0.00990. The minimum atomic E-state index is -3.18. The number of aromatic hydroxyl groups is 1. The summed E-state index contributed by atoms with van der Waals surface area (Å²) in [7, 11) is 0. The molecule has 166 valence electrons. The van der Waals surface area contributed by atoms with Gasteiger partial charge in [-0.2, -0.15) is 0 Å². The SMILES string of the molecule is [2H]C([2H])(CCCc1ccccc1)OC([2H])([2H])C([2H])([2H])CCC([2H])([2H])C([2H])([2H])NCC(O)c1ccc(O)c(C([2H])([2H])O)c1. The predicted octanol–water partition coefficient (Wildman–Crippen LogP) is 4.11. The van der Waals surface area contributed by atoms with Crippen molar-refractivity contribution in [2.24, 2.45) is 0 Å². The molecule has 0 spiro atoms. The summed E-state index contributed by atoms with van der Waals surface area (Å²) in [5.41, 5.74) is 0.408. The Kier molecular flexibility index (Phi) is 6.09. The van der Waals surface area contributed by atoms with Gasteiger partial charge in [0.25, 0.3) is 0 Å². The number of rotatable bonds is 16. The van der Waals surface area contributed by atoms with Crippen molar-refractivity contribution in [3.63, 3.8) is 0 Å². The molecule has 2 aromatic carbocycles. The minimum Gasteiger partial charge on any atom is -0.508 e. The van der Waals surface area contributed by atoms with Crippen molar-refractivity contribution >= 4 is 0 Å². The molecule has 0 radical (unpaired) electrons. The van der Waals surface area contributed by atoms with Gasteiger partial charge in [-0.15, -0.1) is 0 Å². The zero-order valence-corrected chi connectivity index (χ0v) is 16.7. The van der Waals surface area contributed by atoms with Crippen LogP contribution in [0.2, 0.25) is 0 Å². The predicted molar refractivity (Wildman–Crippen MR) is 121 cm³/mol. The Bertz CT molecular complexity index is 1160. The molecule has 2 rings (SSSR count). The summed E-state index contributed by atoms with van der Waals surface area (Å²) in [6.45, 7) is -12.1. The summed E-state index contributed by atoms with van der Waals surface area (Å²) < 4.78 is 101. The number of aliphatic hydroxyl groups excluding tert-OH is 1. The molecule has 0 bridgehead atoms. The lowest BCUT2D eigenvalue weighted by Gasteiger charge is -2.14. The van der Waals surface area contributed by atoms with Crippen molar-refractivity contribution in [2.75, 3.05) is 26.2 Å². The number of hydrogen-bond acceptors (Lipinski definition) is 5. The standard InChI is InChI=1S/C25H37NO4/c27-20-23-18-22(13-14-24(23)28)25(29)19-26-15-7-1-2-8-16-30-17-9-6-12-21-10-4-3-5-11-21/h3-5,10-11,13-14,18,25-29H,1-2,6-9,12,15-17,19-20H2/i7D2,8D2,15D2,16D2,17D2,20D2. The number of aliphatic hydroxyl groups is 2. The molecule has 0 aromatic heterocycles. The highest BCUT2D eigenvalue weighted by molar-refractivity contribution is 5.36. The van der Waals surface area contributed by atoms with E-state index in [0.717, 1.165) is 17.7 Å². The van der Waals surface area contributed by atoms with Crippen LogP contribution in [0.4, 0.5) is 0 Å². The van der Waals surface area contributed by atoms with Crippen LogP contribution in [-0.2, 0) is 17.7 Å². The molecule has 0 saturated heterocycles. The summed E-state index contributed by atoms with van der Waals surface area (Å²) in [6.07, 6.45) is -8.36. The number of phenols is 1. The molecular formula is C25H37NO4. The van der Waals surface area contributed by atoms with Crippen molar-refractivity contribution in [1.29, 1.82) is 0 Å². The van der Waals surface area contributed by atoms with E-state index < -0.39 is 75.7 Å². The van der Waals surface area contributed by atoms with Gasteiger partial charge in [-0.3, -0.25) is 0 Å². The highest BCUT2D eigenvalue weighted by Gasteiger charge is 2.09. The molecule has 0 heterocycles. The summed E-state index contributed by atoms with van der Waals surface area (Å²) in [5.74, 6) is -0.573. The quantitative estimate of drug-likeness (QED) is 0.324. The normalized spacial score (nSPS) is 21.0. The zero-order valence-electron chi connectivity index (χ0n) is 28.7. The maximum Gasteiger partial charge on any atom is 0.121 e. The van der Waals surface area contributed by atoms with E-state index in [1.54, 1.807) is 0 Å². The van der Waals surface area contributed by atoms with Crippen LogP contribution in [0.25, 0.3) is 0 Å². The van der Waals surface area contributed by atoms with E-state index in [0.29, 0.717) is 12.8 Å². The van der Waals surface area contributed by atoms with Crippen LogP contribution in [0.1, 0.15) is 77.7 Å². The van der Waals surface area contributed by atoms with Crippen LogP contribution in [0.15, 0.2) is 48.5 Å². The highest BCUT2D eigenvalue weighted by atomic mass is 16.5. The van der Waals surface area contributed by atoms with E-state index >= 15 is 0 Å². The molecule has 30 heavy (non-hydrogen) atoms. The van der Waals surface area contributed by atoms with Gasteiger partial charge in [0.15, 0.2) is 0 Å². The van der Waals surface area contributed by atoms with Crippen LogP contribution in [0.3, 0.4) is 0 Å². The van der Waals surface area contributed by atoms with E-state index in [1.807, 2.05) is 30.3 Å². The average molecular weight is 428 g/mol. The van der Waals surface area contributed by atoms with E-state index in [2.05, 4.69) is 5.32 Å². The molecular weight excluding hydrogens is 378 g/mol. The maximum atomic E-state index is 10.4. The Morgan fingerprint density at radius 3 is 2.57 bits per heavy atom. The lowest BCUT2D eigenvalue weighted by Crippen LogP contribution is -2.22. The summed E-state index contributed by atoms with van der Waals surface area (Å²) >= 11 is 0. The van der Waals surface area contributed by atoms with Crippen LogP contribution in [0.5, 0.6) is 5.75 Å². The molecule has 0 saturated carbocycles. The Morgan fingerprint density at radius 2 is 1.77 bits per heavy atom. The number of hydrogen-bond donors (Lipinski definition) is 4. The van der Waals surface area contributed by atoms with Gasteiger partial charge in [0.1, 0.15) is 5.75 Å². The van der Waals surface area contributed by atoms with Gasteiger partial charge in [-0.25, -0.2) is 0 Å². The molecule has 2 aromatic rings. The Balaban J connectivity index is 1.99. The largest absolute Gasteiger partial charge is 0.508 e. The van der Waals surface area contributed by atoms with Crippen molar-refractivity contribution in [3.05, 3.63) is 65.2 Å². The second kappa shape index (κ2) is 15.0. The molecule has 4 N–H and O–H groups in total. The Hall–Kier alpha value is -1.92. The lowest BCUT2D eigenvalue weighted by molar-refractivity contribution is 0.126. The van der Waals surface area contributed by atoms with Gasteiger partial charge in [0, 0.05) is 33.5 Å². The van der Waals surface area contributed by atoms with E-state index in [1.165, 1.54) is 6.07 Å². The van der Waals surface area contributed by atoms with Gasteiger partial charge >= 0.3 is 0 Å². The average Bonchev–Trinajstić information content (AvgIpc) is 2.85. The molecule has 0 aliphatic heterocycles. The van der Waals surface area contributed by atoms with Crippen molar-refractivity contribution in [3.8, 4) is 5.75 Å². The van der Waals surface area contributed by atoms with Gasteiger partial charge < -0.3 is 25.4 Å². The van der Waals surface area contributed by atoms with E-state index in [9.17, 15) is 15.3 Å². The zero-order chi connectivity index (χ0) is 32.2. The highest BCUT2D eigenvalue weighted by Crippen LogP contribution is 2.22. The fraction of sp³-hybridized carbons (Fsp3) is 0.520. The van der Waals surface area contributed by atoms with Gasteiger partial charge in [-0.1, -0.05) is 49.2 Å². The van der Waals surface area contributed by atoms with Crippen molar-refractivity contribution in [1.82, 2.24) is 5.32 Å². The first-order valence-corrected chi connectivity index (χ1v) is 9.73. The molecule has 0 aliphatic carbocycles. The first-order valence-electron chi connectivity index (χ1n) is 15.7. The molecule has 0 fully saturated rings. The number of benzene rings is 2. The third kappa shape index (κ3) is 9.72.